The van der Waals surface area contributed by atoms with Gasteiger partial charge in [0.25, 0.3) is 0 Å². The number of nitrogens with zero attached hydrogens (tertiary/aromatic N) is 1. The Labute approximate surface area is 99.4 Å². The highest BCUT2D eigenvalue weighted by Gasteiger charge is 2.70. The lowest BCUT2D eigenvalue weighted by Crippen LogP contribution is -2.43. The number of hydrogen-bond donors (Lipinski definition) is 1. The van der Waals surface area contributed by atoms with E-state index < -0.39 is 0 Å². The predicted molar refractivity (Wildman–Crippen MR) is 67.0 cm³/mol. The summed E-state index contributed by atoms with van der Waals surface area (Å²) in [6, 6.07) is 0. The second kappa shape index (κ2) is 4.36. The van der Waals surface area contributed by atoms with Crippen LogP contribution in [0.4, 0.5) is 0 Å². The summed E-state index contributed by atoms with van der Waals surface area (Å²) in [7, 11) is 0. The summed E-state index contributed by atoms with van der Waals surface area (Å²) < 4.78 is 0. The van der Waals surface area contributed by atoms with Crippen LogP contribution in [-0.4, -0.2) is 30.4 Å². The van der Waals surface area contributed by atoms with Gasteiger partial charge in [-0.2, -0.15) is 0 Å². The zero-order valence-corrected chi connectivity index (χ0v) is 11.3. The maximum atomic E-state index is 12.6. The zero-order valence-electron chi connectivity index (χ0n) is 11.3. The topological polar surface area (TPSA) is 46.3 Å². The molecule has 2 N–H and O–H groups in total. The van der Waals surface area contributed by atoms with Crippen molar-refractivity contribution in [3.63, 3.8) is 0 Å². The van der Waals surface area contributed by atoms with E-state index in [2.05, 4.69) is 20.8 Å². The number of nitrogens with two attached hydrogens (primary N) is 1. The van der Waals surface area contributed by atoms with Crippen LogP contribution >= 0.6 is 0 Å². The lowest BCUT2D eigenvalue weighted by atomic mass is 9.82. The van der Waals surface area contributed by atoms with E-state index in [0.717, 1.165) is 19.5 Å². The van der Waals surface area contributed by atoms with Crippen LogP contribution in [0.2, 0.25) is 0 Å². The van der Waals surface area contributed by atoms with Crippen molar-refractivity contribution in [2.24, 2.45) is 22.5 Å². The van der Waals surface area contributed by atoms with Gasteiger partial charge in [0.05, 0.1) is 5.41 Å². The largest absolute Gasteiger partial charge is 0.343 e. The minimum Gasteiger partial charge on any atom is -0.343 e. The molecule has 0 saturated heterocycles. The Morgan fingerprint density at radius 3 is 2.12 bits per heavy atom. The Morgan fingerprint density at radius 1 is 1.38 bits per heavy atom. The van der Waals surface area contributed by atoms with Gasteiger partial charge in [0.2, 0.25) is 5.91 Å². The van der Waals surface area contributed by atoms with E-state index in [1.54, 1.807) is 0 Å². The molecule has 0 aliphatic heterocycles. The van der Waals surface area contributed by atoms with Crippen molar-refractivity contribution in [3.8, 4) is 0 Å². The minimum absolute atomic E-state index is 0.0147. The molecule has 0 heterocycles. The predicted octanol–water partition coefficient (Wildman–Crippen LogP) is 1.87. The van der Waals surface area contributed by atoms with Crippen molar-refractivity contribution in [2.45, 2.75) is 41.0 Å². The molecule has 0 bridgehead atoms. The van der Waals surface area contributed by atoms with E-state index >= 15 is 0 Å². The van der Waals surface area contributed by atoms with E-state index in [0.29, 0.717) is 18.4 Å². The highest BCUT2D eigenvalue weighted by Crippen LogP contribution is 2.67. The van der Waals surface area contributed by atoms with Gasteiger partial charge in [-0.1, -0.05) is 20.8 Å². The molecule has 1 amide bonds. The highest BCUT2D eigenvalue weighted by molar-refractivity contribution is 5.87. The normalized spacial score (nSPS) is 32.9. The molecule has 1 fully saturated rings. The standard InChI is InChI=1S/C13H26N2O/c1-6-15(7-2)11(16)13(10(3)4)8-12(13,5)9-14/h10H,6-9,14H2,1-5H3. The van der Waals surface area contributed by atoms with Crippen molar-refractivity contribution in [1.29, 1.82) is 0 Å². The SMILES string of the molecule is CCN(CC)C(=O)C1(C(C)C)CC1(C)CN. The smallest absolute Gasteiger partial charge is 0.229 e. The van der Waals surface area contributed by atoms with Crippen molar-refractivity contribution in [2.75, 3.05) is 19.6 Å². The third-order valence-electron chi connectivity index (χ3n) is 4.49. The fraction of sp³-hybridized carbons (Fsp3) is 0.923. The van der Waals surface area contributed by atoms with Gasteiger partial charge in [0.15, 0.2) is 0 Å². The van der Waals surface area contributed by atoms with Crippen LogP contribution in [0.3, 0.4) is 0 Å². The Hall–Kier alpha value is -0.570. The fourth-order valence-electron chi connectivity index (χ4n) is 3.10. The number of amides is 1. The van der Waals surface area contributed by atoms with Crippen LogP contribution in [0.1, 0.15) is 41.0 Å². The molecule has 3 nitrogen and oxygen atoms in total. The molecule has 0 aromatic heterocycles. The summed E-state index contributed by atoms with van der Waals surface area (Å²) in [5.41, 5.74) is 5.65. The molecule has 1 rings (SSSR count). The van der Waals surface area contributed by atoms with Crippen molar-refractivity contribution < 1.29 is 4.79 Å². The fourth-order valence-corrected chi connectivity index (χ4v) is 3.10. The molecule has 0 aromatic carbocycles. The molecule has 3 heteroatoms. The summed E-state index contributed by atoms with van der Waals surface area (Å²) in [5, 5.41) is 0. The van der Waals surface area contributed by atoms with Crippen molar-refractivity contribution in [1.82, 2.24) is 4.90 Å². The van der Waals surface area contributed by atoms with E-state index in [-0.39, 0.29) is 10.8 Å². The summed E-state index contributed by atoms with van der Waals surface area (Å²) >= 11 is 0. The average molecular weight is 226 g/mol. The quantitative estimate of drug-likeness (QED) is 0.778. The highest BCUT2D eigenvalue weighted by atomic mass is 16.2. The third kappa shape index (κ3) is 1.65. The Kier molecular flexibility index (Phi) is 3.68. The Bertz CT molecular complexity index is 273. The molecule has 94 valence electrons. The molecule has 0 aromatic rings. The molecule has 2 atom stereocenters. The first-order chi connectivity index (χ1) is 7.39. The Morgan fingerprint density at radius 2 is 1.88 bits per heavy atom. The van der Waals surface area contributed by atoms with Crippen LogP contribution in [0.5, 0.6) is 0 Å². The van der Waals surface area contributed by atoms with Crippen molar-refractivity contribution in [3.05, 3.63) is 0 Å². The van der Waals surface area contributed by atoms with Gasteiger partial charge in [-0.3, -0.25) is 4.79 Å². The molecular weight excluding hydrogens is 200 g/mol. The van der Waals surface area contributed by atoms with Gasteiger partial charge in [0, 0.05) is 13.1 Å². The van der Waals surface area contributed by atoms with E-state index in [9.17, 15) is 4.79 Å². The second-order valence-electron chi connectivity index (χ2n) is 5.55. The van der Waals surface area contributed by atoms with Gasteiger partial charge in [0.1, 0.15) is 0 Å². The maximum Gasteiger partial charge on any atom is 0.229 e. The van der Waals surface area contributed by atoms with Crippen molar-refractivity contribution >= 4 is 5.91 Å². The molecule has 1 aliphatic carbocycles. The zero-order chi connectivity index (χ0) is 12.6. The molecule has 0 radical (unpaired) electrons. The van der Waals surface area contributed by atoms with Crippen LogP contribution in [-0.2, 0) is 4.79 Å². The molecule has 16 heavy (non-hydrogen) atoms. The van der Waals surface area contributed by atoms with Crippen LogP contribution in [0, 0.1) is 16.7 Å². The summed E-state index contributed by atoms with van der Waals surface area (Å²) in [4.78, 5) is 14.5. The first kappa shape index (κ1) is 13.5. The maximum absolute atomic E-state index is 12.6. The van der Waals surface area contributed by atoms with E-state index in [1.165, 1.54) is 0 Å². The number of hydrogen-bond acceptors (Lipinski definition) is 2. The summed E-state index contributed by atoms with van der Waals surface area (Å²) in [6.07, 6.45) is 0.948. The molecule has 1 saturated carbocycles. The monoisotopic (exact) mass is 226 g/mol. The lowest BCUT2D eigenvalue weighted by molar-refractivity contribution is -0.140. The molecule has 2 unspecified atom stereocenters. The molecule has 0 spiro atoms. The summed E-state index contributed by atoms with van der Waals surface area (Å²) in [5.74, 6) is 0.676. The second-order valence-corrected chi connectivity index (χ2v) is 5.55. The number of carbonyl (C=O) groups excluding carboxylic acids is 1. The average Bonchev–Trinajstić information content (AvgIpc) is 2.89. The van der Waals surface area contributed by atoms with Gasteiger partial charge in [-0.05, 0) is 38.1 Å². The van der Waals surface area contributed by atoms with Crippen LogP contribution in [0.25, 0.3) is 0 Å². The van der Waals surface area contributed by atoms with Crippen LogP contribution in [0.15, 0.2) is 0 Å². The third-order valence-corrected chi connectivity index (χ3v) is 4.49. The minimum atomic E-state index is -0.201. The first-order valence-corrected chi connectivity index (χ1v) is 6.39. The Balaban J connectivity index is 2.95. The van der Waals surface area contributed by atoms with Gasteiger partial charge in [-0.25, -0.2) is 0 Å². The van der Waals surface area contributed by atoms with E-state index in [1.807, 2.05) is 18.7 Å². The molecular formula is C13H26N2O. The summed E-state index contributed by atoms with van der Waals surface area (Å²) in [6.45, 7) is 12.7. The van der Waals surface area contributed by atoms with Gasteiger partial charge >= 0.3 is 0 Å². The number of carbonyl (C=O) groups is 1. The molecule has 1 aliphatic rings. The van der Waals surface area contributed by atoms with Crippen LogP contribution < -0.4 is 5.73 Å². The first-order valence-electron chi connectivity index (χ1n) is 6.39. The van der Waals surface area contributed by atoms with E-state index in [4.69, 9.17) is 5.73 Å². The number of rotatable bonds is 5. The lowest BCUT2D eigenvalue weighted by Gasteiger charge is -2.31. The van der Waals surface area contributed by atoms with Gasteiger partial charge in [-0.15, -0.1) is 0 Å². The van der Waals surface area contributed by atoms with Gasteiger partial charge < -0.3 is 10.6 Å².